The van der Waals surface area contributed by atoms with Crippen LogP contribution in [0.1, 0.15) is 12.5 Å². The van der Waals surface area contributed by atoms with E-state index in [4.69, 9.17) is 9.47 Å². The number of carbonyl (C=O) groups is 1. The number of carbonyl (C=O) groups excluding carboxylic acids is 1. The Kier molecular flexibility index (Phi) is 4.20. The molecule has 4 heteroatoms. The van der Waals surface area contributed by atoms with Crippen LogP contribution in [0, 0.1) is 0 Å². The normalized spacial score (nSPS) is 17.3. The first-order valence-electron chi connectivity index (χ1n) is 6.21. The van der Waals surface area contributed by atoms with Crippen LogP contribution >= 0.6 is 0 Å². The number of amides is 1. The Balaban J connectivity index is 1.91. The SMILES string of the molecule is CC(=O)N(C)CCc1ccccc1OCC1CO1. The zero-order valence-corrected chi connectivity index (χ0v) is 10.9. The molecule has 1 atom stereocenters. The quantitative estimate of drug-likeness (QED) is 0.717. The molecule has 0 spiro atoms. The van der Waals surface area contributed by atoms with E-state index in [1.165, 1.54) is 0 Å². The fourth-order valence-corrected chi connectivity index (χ4v) is 1.64. The summed E-state index contributed by atoms with van der Waals surface area (Å²) >= 11 is 0. The van der Waals surface area contributed by atoms with Crippen LogP contribution in [0.2, 0.25) is 0 Å². The number of ether oxygens (including phenoxy) is 2. The largest absolute Gasteiger partial charge is 0.491 e. The van der Waals surface area contributed by atoms with Crippen molar-refractivity contribution in [2.45, 2.75) is 19.4 Å². The molecule has 0 aromatic heterocycles. The number of para-hydroxylation sites is 1. The molecule has 1 aliphatic heterocycles. The molecule has 2 rings (SSSR count). The zero-order chi connectivity index (χ0) is 13.0. The zero-order valence-electron chi connectivity index (χ0n) is 10.9. The Morgan fingerprint density at radius 1 is 1.50 bits per heavy atom. The minimum Gasteiger partial charge on any atom is -0.491 e. The minimum atomic E-state index is 0.0831. The number of epoxide rings is 1. The van der Waals surface area contributed by atoms with Gasteiger partial charge in [0, 0.05) is 20.5 Å². The van der Waals surface area contributed by atoms with Gasteiger partial charge in [-0.3, -0.25) is 4.79 Å². The number of benzene rings is 1. The number of hydrogen-bond acceptors (Lipinski definition) is 3. The van der Waals surface area contributed by atoms with Crippen molar-refractivity contribution in [1.82, 2.24) is 4.90 Å². The lowest BCUT2D eigenvalue weighted by Gasteiger charge is -2.16. The average Bonchev–Trinajstić information content (AvgIpc) is 3.18. The standard InChI is InChI=1S/C14H19NO3/c1-11(16)15(2)8-7-12-5-3-4-6-14(12)18-10-13-9-17-13/h3-6,13H,7-10H2,1-2H3. The highest BCUT2D eigenvalue weighted by atomic mass is 16.6. The Morgan fingerprint density at radius 2 is 2.22 bits per heavy atom. The topological polar surface area (TPSA) is 42.1 Å². The van der Waals surface area contributed by atoms with Crippen molar-refractivity contribution in [3.63, 3.8) is 0 Å². The maximum Gasteiger partial charge on any atom is 0.219 e. The van der Waals surface area contributed by atoms with Crippen molar-refractivity contribution < 1.29 is 14.3 Å². The van der Waals surface area contributed by atoms with E-state index >= 15 is 0 Å². The van der Waals surface area contributed by atoms with E-state index < -0.39 is 0 Å². The summed E-state index contributed by atoms with van der Waals surface area (Å²) in [4.78, 5) is 12.9. The Bertz CT molecular complexity index is 415. The summed E-state index contributed by atoms with van der Waals surface area (Å²) in [5.74, 6) is 0.977. The van der Waals surface area contributed by atoms with Gasteiger partial charge < -0.3 is 14.4 Å². The molecule has 1 aliphatic rings. The lowest BCUT2D eigenvalue weighted by molar-refractivity contribution is -0.127. The van der Waals surface area contributed by atoms with Gasteiger partial charge in [-0.2, -0.15) is 0 Å². The molecular weight excluding hydrogens is 230 g/mol. The van der Waals surface area contributed by atoms with Gasteiger partial charge in [0.1, 0.15) is 18.5 Å². The smallest absolute Gasteiger partial charge is 0.219 e. The first-order chi connectivity index (χ1) is 8.66. The van der Waals surface area contributed by atoms with Gasteiger partial charge in [-0.05, 0) is 18.1 Å². The van der Waals surface area contributed by atoms with Crippen LogP contribution in [0.15, 0.2) is 24.3 Å². The highest BCUT2D eigenvalue weighted by Crippen LogP contribution is 2.20. The number of rotatable bonds is 6. The minimum absolute atomic E-state index is 0.0831. The first-order valence-corrected chi connectivity index (χ1v) is 6.21. The summed E-state index contributed by atoms with van der Waals surface area (Å²) in [5.41, 5.74) is 1.13. The first kappa shape index (κ1) is 12.9. The summed E-state index contributed by atoms with van der Waals surface area (Å²) in [5, 5.41) is 0. The van der Waals surface area contributed by atoms with Crippen molar-refractivity contribution >= 4 is 5.91 Å². The Morgan fingerprint density at radius 3 is 2.89 bits per heavy atom. The van der Waals surface area contributed by atoms with Crippen LogP contribution in [0.3, 0.4) is 0 Å². The van der Waals surface area contributed by atoms with Gasteiger partial charge in [0.2, 0.25) is 5.91 Å². The maximum atomic E-state index is 11.2. The highest BCUT2D eigenvalue weighted by molar-refractivity contribution is 5.72. The van der Waals surface area contributed by atoms with Gasteiger partial charge in [0.05, 0.1) is 6.61 Å². The molecule has 1 aromatic rings. The summed E-state index contributed by atoms with van der Waals surface area (Å²) in [6, 6.07) is 7.95. The van der Waals surface area contributed by atoms with Crippen LogP contribution in [-0.2, 0) is 16.0 Å². The van der Waals surface area contributed by atoms with Crippen molar-refractivity contribution in [1.29, 1.82) is 0 Å². The van der Waals surface area contributed by atoms with E-state index in [0.29, 0.717) is 13.2 Å². The average molecular weight is 249 g/mol. The number of hydrogen-bond donors (Lipinski definition) is 0. The summed E-state index contributed by atoms with van der Waals surface area (Å²) in [7, 11) is 1.81. The number of nitrogens with zero attached hydrogens (tertiary/aromatic N) is 1. The molecule has 1 aromatic carbocycles. The molecule has 1 fully saturated rings. The third-order valence-electron chi connectivity index (χ3n) is 3.05. The van der Waals surface area contributed by atoms with Gasteiger partial charge in [0.15, 0.2) is 0 Å². The molecule has 0 N–H and O–H groups in total. The van der Waals surface area contributed by atoms with E-state index in [1.54, 1.807) is 11.8 Å². The van der Waals surface area contributed by atoms with E-state index in [0.717, 1.165) is 24.3 Å². The fraction of sp³-hybridized carbons (Fsp3) is 0.500. The van der Waals surface area contributed by atoms with Crippen molar-refractivity contribution in [3.05, 3.63) is 29.8 Å². The van der Waals surface area contributed by atoms with Crippen molar-refractivity contribution in [2.75, 3.05) is 26.8 Å². The Labute approximate surface area is 107 Å². The monoisotopic (exact) mass is 249 g/mol. The van der Waals surface area contributed by atoms with Crippen LogP contribution in [0.25, 0.3) is 0 Å². The van der Waals surface area contributed by atoms with E-state index in [1.807, 2.05) is 31.3 Å². The van der Waals surface area contributed by atoms with Crippen LogP contribution in [0.5, 0.6) is 5.75 Å². The summed E-state index contributed by atoms with van der Waals surface area (Å²) in [6.45, 7) is 3.69. The second kappa shape index (κ2) is 5.87. The van der Waals surface area contributed by atoms with Gasteiger partial charge in [-0.25, -0.2) is 0 Å². The lowest BCUT2D eigenvalue weighted by atomic mass is 10.1. The molecule has 18 heavy (non-hydrogen) atoms. The van der Waals surface area contributed by atoms with Crippen LogP contribution < -0.4 is 4.74 Å². The lowest BCUT2D eigenvalue weighted by Crippen LogP contribution is -2.26. The molecule has 1 saturated heterocycles. The molecule has 0 radical (unpaired) electrons. The molecule has 1 unspecified atom stereocenters. The van der Waals surface area contributed by atoms with Crippen LogP contribution in [0.4, 0.5) is 0 Å². The molecule has 98 valence electrons. The molecule has 1 heterocycles. The van der Waals surface area contributed by atoms with Crippen molar-refractivity contribution in [3.8, 4) is 5.75 Å². The van der Waals surface area contributed by atoms with Crippen molar-refractivity contribution in [2.24, 2.45) is 0 Å². The molecule has 0 saturated carbocycles. The number of likely N-dealkylation sites (N-methyl/N-ethyl adjacent to an activating group) is 1. The predicted molar refractivity (Wildman–Crippen MR) is 68.7 cm³/mol. The molecule has 0 bridgehead atoms. The van der Waals surface area contributed by atoms with E-state index in [-0.39, 0.29) is 12.0 Å². The van der Waals surface area contributed by atoms with Gasteiger partial charge in [0.25, 0.3) is 0 Å². The van der Waals surface area contributed by atoms with Gasteiger partial charge >= 0.3 is 0 Å². The molecule has 4 nitrogen and oxygen atoms in total. The van der Waals surface area contributed by atoms with Gasteiger partial charge in [-0.1, -0.05) is 18.2 Å². The molecule has 1 amide bonds. The predicted octanol–water partition coefficient (Wildman–Crippen LogP) is 1.48. The van der Waals surface area contributed by atoms with E-state index in [2.05, 4.69) is 0 Å². The second-order valence-electron chi connectivity index (χ2n) is 4.56. The maximum absolute atomic E-state index is 11.2. The van der Waals surface area contributed by atoms with Crippen LogP contribution in [-0.4, -0.2) is 43.7 Å². The third kappa shape index (κ3) is 3.74. The second-order valence-corrected chi connectivity index (χ2v) is 4.56. The molecule has 0 aliphatic carbocycles. The molecular formula is C14H19NO3. The fourth-order valence-electron chi connectivity index (χ4n) is 1.64. The van der Waals surface area contributed by atoms with Gasteiger partial charge in [-0.15, -0.1) is 0 Å². The van der Waals surface area contributed by atoms with E-state index in [9.17, 15) is 4.79 Å². The summed E-state index contributed by atoms with van der Waals surface area (Å²) in [6.07, 6.45) is 1.07. The summed E-state index contributed by atoms with van der Waals surface area (Å²) < 4.78 is 10.8. The Hall–Kier alpha value is -1.55. The highest BCUT2D eigenvalue weighted by Gasteiger charge is 2.23. The third-order valence-corrected chi connectivity index (χ3v) is 3.05.